The molecule has 0 aliphatic carbocycles. The van der Waals surface area contributed by atoms with Gasteiger partial charge in [0.15, 0.2) is 0 Å². The molecule has 3 nitrogen and oxygen atoms in total. The maximum Gasteiger partial charge on any atom is 0.220 e. The van der Waals surface area contributed by atoms with Crippen LogP contribution in [0.5, 0.6) is 0 Å². The molecule has 1 N–H and O–H groups in total. The Hall–Kier alpha value is -0.870. The molecule has 1 aliphatic rings. The van der Waals surface area contributed by atoms with Gasteiger partial charge in [-0.2, -0.15) is 11.3 Å². The third-order valence-electron chi connectivity index (χ3n) is 2.77. The molecule has 0 saturated carbocycles. The molecule has 16 heavy (non-hydrogen) atoms. The predicted molar refractivity (Wildman–Crippen MR) is 64.6 cm³/mol. The van der Waals surface area contributed by atoms with Crippen molar-refractivity contribution in [2.45, 2.75) is 31.8 Å². The Kier molecular flexibility index (Phi) is 4.36. The Balaban J connectivity index is 1.60. The minimum atomic E-state index is 0.127. The van der Waals surface area contributed by atoms with Crippen molar-refractivity contribution in [2.75, 3.05) is 13.2 Å². The summed E-state index contributed by atoms with van der Waals surface area (Å²) in [4.78, 5) is 11.5. The van der Waals surface area contributed by atoms with E-state index in [1.807, 2.05) is 5.38 Å². The molecule has 0 aromatic carbocycles. The first-order chi connectivity index (χ1) is 7.84. The molecular weight excluding hydrogens is 222 g/mol. The van der Waals surface area contributed by atoms with E-state index in [0.29, 0.717) is 13.0 Å². The third kappa shape index (κ3) is 3.61. The first kappa shape index (κ1) is 11.6. The summed E-state index contributed by atoms with van der Waals surface area (Å²) < 4.78 is 5.44. The van der Waals surface area contributed by atoms with E-state index < -0.39 is 0 Å². The number of thiophene rings is 1. The summed E-state index contributed by atoms with van der Waals surface area (Å²) in [6.07, 6.45) is 3.84. The van der Waals surface area contributed by atoms with E-state index in [2.05, 4.69) is 16.8 Å². The van der Waals surface area contributed by atoms with E-state index in [0.717, 1.165) is 25.9 Å². The summed E-state index contributed by atoms with van der Waals surface area (Å²) in [5.41, 5.74) is 1.25. The second kappa shape index (κ2) is 6.01. The van der Waals surface area contributed by atoms with Crippen molar-refractivity contribution >= 4 is 17.2 Å². The summed E-state index contributed by atoms with van der Waals surface area (Å²) in [5, 5.41) is 7.06. The summed E-state index contributed by atoms with van der Waals surface area (Å²) in [7, 11) is 0. The van der Waals surface area contributed by atoms with Gasteiger partial charge in [0, 0.05) is 19.6 Å². The zero-order chi connectivity index (χ0) is 11.2. The Bertz CT molecular complexity index is 318. The van der Waals surface area contributed by atoms with Gasteiger partial charge in [0.25, 0.3) is 0 Å². The van der Waals surface area contributed by atoms with Gasteiger partial charge >= 0.3 is 0 Å². The molecule has 1 aliphatic heterocycles. The van der Waals surface area contributed by atoms with E-state index in [4.69, 9.17) is 4.74 Å². The van der Waals surface area contributed by atoms with Crippen LogP contribution in [0.2, 0.25) is 0 Å². The molecule has 1 unspecified atom stereocenters. The lowest BCUT2D eigenvalue weighted by Gasteiger charge is -2.10. The monoisotopic (exact) mass is 239 g/mol. The number of carbonyl (C=O) groups excluding carboxylic acids is 1. The van der Waals surface area contributed by atoms with Crippen molar-refractivity contribution in [3.63, 3.8) is 0 Å². The van der Waals surface area contributed by atoms with Crippen molar-refractivity contribution in [2.24, 2.45) is 0 Å². The van der Waals surface area contributed by atoms with Crippen molar-refractivity contribution in [1.29, 1.82) is 0 Å². The van der Waals surface area contributed by atoms with Crippen LogP contribution in [0, 0.1) is 0 Å². The standard InChI is InChI=1S/C12H17NO2S/c14-12(4-3-10-5-7-16-9-10)13-8-11-2-1-6-15-11/h5,7,9,11H,1-4,6,8H2,(H,13,14). The lowest BCUT2D eigenvalue weighted by molar-refractivity contribution is -0.121. The molecule has 2 rings (SSSR count). The molecule has 1 amide bonds. The topological polar surface area (TPSA) is 38.3 Å². The highest BCUT2D eigenvalue weighted by molar-refractivity contribution is 7.07. The molecule has 2 heterocycles. The normalized spacial score (nSPS) is 19.9. The third-order valence-corrected chi connectivity index (χ3v) is 3.50. The van der Waals surface area contributed by atoms with Crippen LogP contribution in [0.1, 0.15) is 24.8 Å². The minimum Gasteiger partial charge on any atom is -0.376 e. The zero-order valence-electron chi connectivity index (χ0n) is 9.28. The molecule has 1 fully saturated rings. The number of hydrogen-bond donors (Lipinski definition) is 1. The van der Waals surface area contributed by atoms with Crippen molar-refractivity contribution in [3.8, 4) is 0 Å². The first-order valence-corrected chi connectivity index (χ1v) is 6.68. The van der Waals surface area contributed by atoms with Gasteiger partial charge in [0.2, 0.25) is 5.91 Å². The van der Waals surface area contributed by atoms with Crippen LogP contribution in [0.25, 0.3) is 0 Å². The average Bonchev–Trinajstić information content (AvgIpc) is 2.96. The van der Waals surface area contributed by atoms with Crippen LogP contribution in [0.4, 0.5) is 0 Å². The second-order valence-corrected chi connectivity index (χ2v) is 4.85. The summed E-state index contributed by atoms with van der Waals surface area (Å²) >= 11 is 1.67. The number of amides is 1. The lowest BCUT2D eigenvalue weighted by atomic mass is 10.2. The molecule has 1 aromatic heterocycles. The Morgan fingerprint density at radius 2 is 2.56 bits per heavy atom. The number of ether oxygens (including phenoxy) is 1. The molecule has 88 valence electrons. The van der Waals surface area contributed by atoms with Crippen molar-refractivity contribution < 1.29 is 9.53 Å². The summed E-state index contributed by atoms with van der Waals surface area (Å²) in [6.45, 7) is 1.51. The van der Waals surface area contributed by atoms with E-state index in [-0.39, 0.29) is 12.0 Å². The fraction of sp³-hybridized carbons (Fsp3) is 0.583. The largest absolute Gasteiger partial charge is 0.376 e. The molecule has 0 bridgehead atoms. The van der Waals surface area contributed by atoms with Crippen LogP contribution in [-0.4, -0.2) is 25.2 Å². The number of hydrogen-bond acceptors (Lipinski definition) is 3. The Morgan fingerprint density at radius 3 is 3.25 bits per heavy atom. The highest BCUT2D eigenvalue weighted by atomic mass is 32.1. The molecule has 0 radical (unpaired) electrons. The Morgan fingerprint density at radius 1 is 1.62 bits per heavy atom. The van der Waals surface area contributed by atoms with Gasteiger partial charge in [-0.25, -0.2) is 0 Å². The molecule has 1 atom stereocenters. The van der Waals surface area contributed by atoms with Crippen LogP contribution >= 0.6 is 11.3 Å². The smallest absolute Gasteiger partial charge is 0.220 e. The van der Waals surface area contributed by atoms with Crippen molar-refractivity contribution in [3.05, 3.63) is 22.4 Å². The molecular formula is C12H17NO2S. The summed E-state index contributed by atoms with van der Waals surface area (Å²) in [5.74, 6) is 0.127. The Labute approximate surface area is 99.8 Å². The maximum atomic E-state index is 11.5. The fourth-order valence-corrected chi connectivity index (χ4v) is 2.52. The zero-order valence-corrected chi connectivity index (χ0v) is 10.1. The van der Waals surface area contributed by atoms with Crippen LogP contribution < -0.4 is 5.32 Å². The highest BCUT2D eigenvalue weighted by Crippen LogP contribution is 2.11. The van der Waals surface area contributed by atoms with E-state index in [9.17, 15) is 4.79 Å². The van der Waals surface area contributed by atoms with Gasteiger partial charge in [0.05, 0.1) is 6.10 Å². The molecule has 1 aromatic rings. The quantitative estimate of drug-likeness (QED) is 0.853. The van der Waals surface area contributed by atoms with Gasteiger partial charge in [0.1, 0.15) is 0 Å². The van der Waals surface area contributed by atoms with Crippen LogP contribution in [0.15, 0.2) is 16.8 Å². The first-order valence-electron chi connectivity index (χ1n) is 5.74. The lowest BCUT2D eigenvalue weighted by Crippen LogP contribution is -2.31. The minimum absolute atomic E-state index is 0.127. The number of aryl methyl sites for hydroxylation is 1. The van der Waals surface area contributed by atoms with Gasteiger partial charge in [-0.1, -0.05) is 0 Å². The molecule has 4 heteroatoms. The SMILES string of the molecule is O=C(CCc1ccsc1)NCC1CCCO1. The predicted octanol–water partition coefficient (Wildman–Crippen LogP) is 1.98. The number of nitrogens with one attached hydrogen (secondary N) is 1. The molecule has 0 spiro atoms. The fourth-order valence-electron chi connectivity index (χ4n) is 1.81. The second-order valence-electron chi connectivity index (χ2n) is 4.07. The van der Waals surface area contributed by atoms with Gasteiger partial charge < -0.3 is 10.1 Å². The highest BCUT2D eigenvalue weighted by Gasteiger charge is 2.15. The number of rotatable bonds is 5. The van der Waals surface area contributed by atoms with Crippen LogP contribution in [-0.2, 0) is 16.0 Å². The van der Waals surface area contributed by atoms with E-state index >= 15 is 0 Å². The van der Waals surface area contributed by atoms with Crippen molar-refractivity contribution in [1.82, 2.24) is 5.32 Å². The van der Waals surface area contributed by atoms with E-state index in [1.54, 1.807) is 11.3 Å². The van der Waals surface area contributed by atoms with Gasteiger partial charge in [-0.3, -0.25) is 4.79 Å². The summed E-state index contributed by atoms with van der Waals surface area (Å²) in [6, 6.07) is 2.07. The van der Waals surface area contributed by atoms with Crippen LogP contribution in [0.3, 0.4) is 0 Å². The maximum absolute atomic E-state index is 11.5. The number of carbonyl (C=O) groups is 1. The van der Waals surface area contributed by atoms with Gasteiger partial charge in [-0.15, -0.1) is 0 Å². The average molecular weight is 239 g/mol. The van der Waals surface area contributed by atoms with E-state index in [1.165, 1.54) is 5.56 Å². The molecule has 1 saturated heterocycles. The van der Waals surface area contributed by atoms with Gasteiger partial charge in [-0.05, 0) is 41.7 Å².